The largest absolute Gasteiger partial charge is 0.308 e. The number of carbonyl (C=O) groups is 1. The fourth-order valence-electron chi connectivity index (χ4n) is 4.32. The minimum atomic E-state index is -3.32. The van der Waals surface area contributed by atoms with Gasteiger partial charge in [0.05, 0.1) is 21.7 Å². The lowest BCUT2D eigenvalue weighted by atomic mass is 9.99. The van der Waals surface area contributed by atoms with E-state index < -0.39 is 9.84 Å². The summed E-state index contributed by atoms with van der Waals surface area (Å²) < 4.78 is 24.0. The van der Waals surface area contributed by atoms with Gasteiger partial charge in [0.1, 0.15) is 0 Å². The zero-order chi connectivity index (χ0) is 23.2. The zero-order valence-electron chi connectivity index (χ0n) is 18.0. The predicted octanol–water partition coefficient (Wildman–Crippen LogP) is 5.55. The summed E-state index contributed by atoms with van der Waals surface area (Å²) in [7, 11) is -3.32. The van der Waals surface area contributed by atoms with Crippen LogP contribution >= 0.6 is 11.6 Å². The van der Waals surface area contributed by atoms with Crippen molar-refractivity contribution in [1.29, 1.82) is 0 Å². The Labute approximate surface area is 197 Å². The summed E-state index contributed by atoms with van der Waals surface area (Å²) in [6.07, 6.45) is 2.68. The summed E-state index contributed by atoms with van der Waals surface area (Å²) in [6, 6.07) is 21.8. The van der Waals surface area contributed by atoms with Crippen LogP contribution in [0.3, 0.4) is 0 Å². The zero-order valence-corrected chi connectivity index (χ0v) is 19.5. The predicted molar refractivity (Wildman–Crippen MR) is 132 cm³/mol. The fraction of sp³-hybridized carbons (Fsp3) is 0.154. The van der Waals surface area contributed by atoms with Crippen LogP contribution in [0.4, 0.5) is 5.69 Å². The Hall–Kier alpha value is -3.22. The van der Waals surface area contributed by atoms with Crippen molar-refractivity contribution in [3.05, 3.63) is 88.9 Å². The first kappa shape index (κ1) is 21.6. The molecule has 1 amide bonds. The molecule has 0 atom stereocenters. The Morgan fingerprint density at radius 3 is 2.55 bits per heavy atom. The van der Waals surface area contributed by atoms with E-state index in [9.17, 15) is 13.2 Å². The minimum Gasteiger partial charge on any atom is -0.308 e. The second kappa shape index (κ2) is 8.28. The van der Waals surface area contributed by atoms with Crippen LogP contribution in [0.1, 0.15) is 22.3 Å². The number of rotatable bonds is 3. The quantitative estimate of drug-likeness (QED) is 0.388. The molecular formula is C26H21ClN2O3S. The number of benzene rings is 3. The first-order valence-electron chi connectivity index (χ1n) is 10.6. The van der Waals surface area contributed by atoms with Gasteiger partial charge >= 0.3 is 0 Å². The first-order chi connectivity index (χ1) is 15.8. The minimum absolute atomic E-state index is 0.144. The molecule has 166 valence electrons. The number of nitrogens with zero attached hydrogens (tertiary/aromatic N) is 2. The second-order valence-corrected chi connectivity index (χ2v) is 10.6. The molecule has 5 nitrogen and oxygen atoms in total. The van der Waals surface area contributed by atoms with Crippen LogP contribution in [-0.2, 0) is 16.3 Å². The first-order valence-corrected chi connectivity index (χ1v) is 12.9. The molecule has 0 unspecified atom stereocenters. The molecule has 0 saturated carbocycles. The SMILES string of the molecule is CS(=O)(=O)c1ccc2c(c1)CCCN2C(=O)c1cc(-c2ccccc2Cl)nc2ccccc12. The van der Waals surface area contributed by atoms with Crippen molar-refractivity contribution >= 4 is 43.9 Å². The average Bonchev–Trinajstić information content (AvgIpc) is 2.82. The molecule has 0 radical (unpaired) electrons. The van der Waals surface area contributed by atoms with Crippen LogP contribution in [0.15, 0.2) is 77.7 Å². The van der Waals surface area contributed by atoms with Gasteiger partial charge in [0, 0.05) is 34.5 Å². The third-order valence-electron chi connectivity index (χ3n) is 5.94. The molecule has 0 bridgehead atoms. The van der Waals surface area contributed by atoms with E-state index in [4.69, 9.17) is 16.6 Å². The molecule has 33 heavy (non-hydrogen) atoms. The maximum Gasteiger partial charge on any atom is 0.259 e. The molecule has 3 aromatic carbocycles. The highest BCUT2D eigenvalue weighted by Crippen LogP contribution is 2.34. The van der Waals surface area contributed by atoms with Crippen LogP contribution in [0, 0.1) is 0 Å². The van der Waals surface area contributed by atoms with Crippen molar-refractivity contribution in [2.75, 3.05) is 17.7 Å². The van der Waals surface area contributed by atoms with Gasteiger partial charge in [0.2, 0.25) is 0 Å². The molecule has 0 N–H and O–H groups in total. The van der Waals surface area contributed by atoms with Gasteiger partial charge in [-0.15, -0.1) is 0 Å². The van der Waals surface area contributed by atoms with Gasteiger partial charge in [-0.25, -0.2) is 13.4 Å². The maximum absolute atomic E-state index is 13.9. The second-order valence-electron chi connectivity index (χ2n) is 8.18. The molecule has 0 saturated heterocycles. The fourth-order valence-corrected chi connectivity index (χ4v) is 5.22. The number of carbonyl (C=O) groups excluding carboxylic acids is 1. The van der Waals surface area contributed by atoms with Crippen LogP contribution < -0.4 is 4.90 Å². The van der Waals surface area contributed by atoms with E-state index in [2.05, 4.69) is 0 Å². The van der Waals surface area contributed by atoms with Crippen LogP contribution in [0.25, 0.3) is 22.2 Å². The van der Waals surface area contributed by atoms with Crippen molar-refractivity contribution in [1.82, 2.24) is 4.98 Å². The Kier molecular flexibility index (Phi) is 5.43. The van der Waals surface area contributed by atoms with E-state index in [1.54, 1.807) is 35.2 Å². The maximum atomic E-state index is 13.9. The number of aryl methyl sites for hydroxylation is 1. The van der Waals surface area contributed by atoms with E-state index in [0.717, 1.165) is 35.0 Å². The van der Waals surface area contributed by atoms with Crippen molar-refractivity contribution in [2.24, 2.45) is 0 Å². The van der Waals surface area contributed by atoms with Crippen LogP contribution in [-0.4, -0.2) is 32.1 Å². The molecule has 2 heterocycles. The van der Waals surface area contributed by atoms with Crippen LogP contribution in [0.5, 0.6) is 0 Å². The number of para-hydroxylation sites is 1. The number of pyridine rings is 1. The van der Waals surface area contributed by atoms with Crippen molar-refractivity contribution < 1.29 is 13.2 Å². The molecule has 0 aliphatic carbocycles. The highest BCUT2D eigenvalue weighted by molar-refractivity contribution is 7.90. The molecule has 4 aromatic rings. The van der Waals surface area contributed by atoms with E-state index >= 15 is 0 Å². The van der Waals surface area contributed by atoms with E-state index in [-0.39, 0.29) is 10.8 Å². The lowest BCUT2D eigenvalue weighted by Crippen LogP contribution is -2.35. The molecular weight excluding hydrogens is 456 g/mol. The van der Waals surface area contributed by atoms with Gasteiger partial charge in [-0.3, -0.25) is 4.79 Å². The smallest absolute Gasteiger partial charge is 0.259 e. The van der Waals surface area contributed by atoms with Gasteiger partial charge in [-0.1, -0.05) is 48.0 Å². The number of halogens is 1. The highest BCUT2D eigenvalue weighted by Gasteiger charge is 2.27. The van der Waals surface area contributed by atoms with E-state index in [1.807, 2.05) is 42.5 Å². The van der Waals surface area contributed by atoms with Gasteiger partial charge in [-0.2, -0.15) is 0 Å². The number of hydrogen-bond acceptors (Lipinski definition) is 4. The number of anilines is 1. The van der Waals surface area contributed by atoms with Crippen molar-refractivity contribution in [3.8, 4) is 11.3 Å². The number of amides is 1. The molecule has 0 spiro atoms. The lowest BCUT2D eigenvalue weighted by Gasteiger charge is -2.30. The topological polar surface area (TPSA) is 67.3 Å². The molecule has 1 aliphatic heterocycles. The Balaban J connectivity index is 1.65. The third kappa shape index (κ3) is 4.01. The van der Waals surface area contributed by atoms with Gasteiger partial charge in [0.15, 0.2) is 9.84 Å². The third-order valence-corrected chi connectivity index (χ3v) is 7.38. The lowest BCUT2D eigenvalue weighted by molar-refractivity contribution is 0.0986. The summed E-state index contributed by atoms with van der Waals surface area (Å²) in [5.41, 5.74) is 4.25. The Morgan fingerprint density at radius 1 is 1.00 bits per heavy atom. The normalized spacial score (nSPS) is 13.7. The van der Waals surface area contributed by atoms with Gasteiger partial charge < -0.3 is 4.90 Å². The molecule has 1 aliphatic rings. The molecule has 0 fully saturated rings. The van der Waals surface area contributed by atoms with Gasteiger partial charge in [0.25, 0.3) is 5.91 Å². The average molecular weight is 477 g/mol. The molecule has 7 heteroatoms. The summed E-state index contributed by atoms with van der Waals surface area (Å²) in [5.74, 6) is -0.144. The number of aromatic nitrogens is 1. The van der Waals surface area contributed by atoms with Crippen molar-refractivity contribution in [3.63, 3.8) is 0 Å². The number of sulfone groups is 1. The molecule has 5 rings (SSSR count). The van der Waals surface area contributed by atoms with E-state index in [0.29, 0.717) is 28.3 Å². The van der Waals surface area contributed by atoms with Gasteiger partial charge in [-0.05, 0) is 54.8 Å². The summed E-state index contributed by atoms with van der Waals surface area (Å²) >= 11 is 6.42. The monoisotopic (exact) mass is 476 g/mol. The number of hydrogen-bond donors (Lipinski definition) is 0. The van der Waals surface area contributed by atoms with E-state index in [1.165, 1.54) is 6.26 Å². The van der Waals surface area contributed by atoms with Crippen LogP contribution in [0.2, 0.25) is 5.02 Å². The standard InChI is InChI=1S/C26H21ClN2O3S/c1-33(31,32)18-12-13-25-17(15-18)7-6-14-29(25)26(30)21-16-24(20-9-2-4-10-22(20)27)28-23-11-5-3-8-19(21)23/h2-5,8-13,15-16H,6-7,14H2,1H3. The highest BCUT2D eigenvalue weighted by atomic mass is 35.5. The summed E-state index contributed by atoms with van der Waals surface area (Å²) in [6.45, 7) is 0.558. The Morgan fingerprint density at radius 2 is 1.76 bits per heavy atom. The Bertz CT molecular complexity index is 1520. The molecule has 1 aromatic heterocycles. The summed E-state index contributed by atoms with van der Waals surface area (Å²) in [4.78, 5) is 20.6. The van der Waals surface area contributed by atoms with Crippen molar-refractivity contribution in [2.45, 2.75) is 17.7 Å². The summed E-state index contributed by atoms with van der Waals surface area (Å²) in [5, 5.41) is 1.33. The number of fused-ring (bicyclic) bond motifs is 2.